The molecule has 2 heterocycles. The van der Waals surface area contributed by atoms with Gasteiger partial charge in [0.25, 0.3) is 0 Å². The largest absolute Gasteiger partial charge is 0.461 e. The Bertz CT molecular complexity index is 531. The van der Waals surface area contributed by atoms with Crippen LogP contribution in [0.5, 0.6) is 6.01 Å². The van der Waals surface area contributed by atoms with Crippen LogP contribution in [0.3, 0.4) is 0 Å². The lowest BCUT2D eigenvalue weighted by Gasteiger charge is -2.08. The van der Waals surface area contributed by atoms with Crippen molar-refractivity contribution in [3.8, 4) is 12.0 Å². The third-order valence-electron chi connectivity index (χ3n) is 2.66. The van der Waals surface area contributed by atoms with Crippen molar-refractivity contribution in [1.82, 2.24) is 24.5 Å². The molecule has 1 N–H and O–H groups in total. The summed E-state index contributed by atoms with van der Waals surface area (Å²) in [4.78, 5) is 16.6. The number of anilines is 1. The van der Waals surface area contributed by atoms with Crippen molar-refractivity contribution in [3.05, 3.63) is 18.7 Å². The average Bonchev–Trinajstić information content (AvgIpc) is 3.05. The number of unbranched alkanes of at least 4 members (excludes halogenated alkanes) is 1. The highest BCUT2D eigenvalue weighted by molar-refractivity contribution is 5.29. The molecule has 2 rings (SSSR count). The summed E-state index contributed by atoms with van der Waals surface area (Å²) in [5, 5.41) is 2.88. The number of rotatable bonds is 9. The van der Waals surface area contributed by atoms with Crippen LogP contribution in [-0.2, 0) is 4.74 Å². The number of hydrogen-bond donors (Lipinski definition) is 1. The molecule has 0 bridgehead atoms. The van der Waals surface area contributed by atoms with Crippen LogP contribution >= 0.6 is 0 Å². The summed E-state index contributed by atoms with van der Waals surface area (Å²) < 4.78 is 12.6. The van der Waals surface area contributed by atoms with E-state index in [-0.39, 0.29) is 6.01 Å². The minimum Gasteiger partial charge on any atom is -0.461 e. The molecule has 0 atom stereocenters. The molecule has 0 aliphatic rings. The lowest BCUT2D eigenvalue weighted by atomic mass is 10.4. The maximum Gasteiger partial charge on any atom is 0.323 e. The van der Waals surface area contributed by atoms with E-state index in [9.17, 15) is 0 Å². The standard InChI is InChI=1S/C13H20N6O2/c1-3-4-7-20-8-9-21-13-17-11(14-2)16-12(18-13)19-6-5-15-10-19/h5-6,10H,3-4,7-9H2,1-2H3,(H,14,16,17,18). The summed E-state index contributed by atoms with van der Waals surface area (Å²) in [6.45, 7) is 3.79. The molecule has 0 radical (unpaired) electrons. The third-order valence-corrected chi connectivity index (χ3v) is 2.66. The van der Waals surface area contributed by atoms with Gasteiger partial charge < -0.3 is 14.8 Å². The molecule has 21 heavy (non-hydrogen) atoms. The fraction of sp³-hybridized carbons (Fsp3) is 0.538. The number of ether oxygens (including phenoxy) is 2. The molecule has 2 aromatic heterocycles. The fourth-order valence-electron chi connectivity index (χ4n) is 1.56. The first-order valence-electron chi connectivity index (χ1n) is 6.96. The normalized spacial score (nSPS) is 10.6. The Morgan fingerprint density at radius 1 is 1.19 bits per heavy atom. The zero-order valence-electron chi connectivity index (χ0n) is 12.3. The molecule has 0 fully saturated rings. The van der Waals surface area contributed by atoms with E-state index in [0.29, 0.717) is 25.1 Å². The smallest absolute Gasteiger partial charge is 0.323 e. The van der Waals surface area contributed by atoms with Crippen LogP contribution in [0.15, 0.2) is 18.7 Å². The molecule has 8 nitrogen and oxygen atoms in total. The van der Waals surface area contributed by atoms with E-state index in [1.165, 1.54) is 0 Å². The van der Waals surface area contributed by atoms with Crippen molar-refractivity contribution in [2.24, 2.45) is 0 Å². The predicted molar refractivity (Wildman–Crippen MR) is 77.7 cm³/mol. The quantitative estimate of drug-likeness (QED) is 0.697. The Morgan fingerprint density at radius 3 is 2.81 bits per heavy atom. The minimum absolute atomic E-state index is 0.261. The van der Waals surface area contributed by atoms with Gasteiger partial charge >= 0.3 is 6.01 Å². The SMILES string of the molecule is CCCCOCCOc1nc(NC)nc(-n2ccnc2)n1. The lowest BCUT2D eigenvalue weighted by Crippen LogP contribution is -2.12. The van der Waals surface area contributed by atoms with E-state index >= 15 is 0 Å². The van der Waals surface area contributed by atoms with Gasteiger partial charge in [-0.3, -0.25) is 4.57 Å². The zero-order chi connectivity index (χ0) is 14.9. The van der Waals surface area contributed by atoms with Crippen molar-refractivity contribution >= 4 is 5.95 Å². The first kappa shape index (κ1) is 15.2. The van der Waals surface area contributed by atoms with Crippen LogP contribution in [-0.4, -0.2) is 51.4 Å². The van der Waals surface area contributed by atoms with E-state index in [1.807, 2.05) is 0 Å². The van der Waals surface area contributed by atoms with Gasteiger partial charge in [-0.15, -0.1) is 0 Å². The second-order valence-corrected chi connectivity index (χ2v) is 4.28. The summed E-state index contributed by atoms with van der Waals surface area (Å²) in [5.41, 5.74) is 0. The zero-order valence-corrected chi connectivity index (χ0v) is 12.3. The van der Waals surface area contributed by atoms with E-state index in [0.717, 1.165) is 19.4 Å². The first-order chi connectivity index (χ1) is 10.3. The molecular formula is C13H20N6O2. The molecule has 0 aromatic carbocycles. The summed E-state index contributed by atoms with van der Waals surface area (Å²) in [6, 6.07) is 0.261. The summed E-state index contributed by atoms with van der Waals surface area (Å²) in [6.07, 6.45) is 7.21. The van der Waals surface area contributed by atoms with Gasteiger partial charge in [0.15, 0.2) is 0 Å². The van der Waals surface area contributed by atoms with Crippen LogP contribution in [0.25, 0.3) is 5.95 Å². The molecule has 0 aliphatic carbocycles. The molecule has 0 unspecified atom stereocenters. The van der Waals surface area contributed by atoms with Gasteiger partial charge in [-0.25, -0.2) is 4.98 Å². The number of nitrogens with zero attached hydrogens (tertiary/aromatic N) is 5. The Balaban J connectivity index is 1.94. The number of aromatic nitrogens is 5. The molecule has 0 aliphatic heterocycles. The Labute approximate surface area is 123 Å². The van der Waals surface area contributed by atoms with Gasteiger partial charge in [-0.2, -0.15) is 15.0 Å². The predicted octanol–water partition coefficient (Wildman–Crippen LogP) is 1.29. The molecule has 2 aromatic rings. The summed E-state index contributed by atoms with van der Waals surface area (Å²) >= 11 is 0. The van der Waals surface area contributed by atoms with Crippen LogP contribution in [0, 0.1) is 0 Å². The second-order valence-electron chi connectivity index (χ2n) is 4.28. The van der Waals surface area contributed by atoms with Crippen molar-refractivity contribution in [3.63, 3.8) is 0 Å². The lowest BCUT2D eigenvalue weighted by molar-refractivity contribution is 0.0947. The summed E-state index contributed by atoms with van der Waals surface area (Å²) in [7, 11) is 1.74. The van der Waals surface area contributed by atoms with Gasteiger partial charge in [0.05, 0.1) is 6.61 Å². The monoisotopic (exact) mass is 292 g/mol. The highest BCUT2D eigenvalue weighted by Gasteiger charge is 2.08. The van der Waals surface area contributed by atoms with E-state index < -0.39 is 0 Å². The molecule has 0 saturated carbocycles. The highest BCUT2D eigenvalue weighted by Crippen LogP contribution is 2.10. The molecule has 0 saturated heterocycles. The molecule has 114 valence electrons. The third kappa shape index (κ3) is 4.67. The molecule has 0 spiro atoms. The van der Waals surface area contributed by atoms with Gasteiger partial charge in [-0.05, 0) is 6.42 Å². The Hall–Kier alpha value is -2.22. The second kappa shape index (κ2) is 8.15. The molecule has 8 heteroatoms. The maximum absolute atomic E-state index is 5.51. The van der Waals surface area contributed by atoms with Crippen molar-refractivity contribution in [2.75, 3.05) is 32.2 Å². The number of hydrogen-bond acceptors (Lipinski definition) is 7. The van der Waals surface area contributed by atoms with E-state index in [2.05, 4.69) is 32.2 Å². The van der Waals surface area contributed by atoms with Crippen molar-refractivity contribution < 1.29 is 9.47 Å². The van der Waals surface area contributed by atoms with Crippen molar-refractivity contribution in [1.29, 1.82) is 0 Å². The van der Waals surface area contributed by atoms with Crippen LogP contribution < -0.4 is 10.1 Å². The van der Waals surface area contributed by atoms with Crippen molar-refractivity contribution in [2.45, 2.75) is 19.8 Å². The van der Waals surface area contributed by atoms with Crippen LogP contribution in [0.4, 0.5) is 5.95 Å². The van der Waals surface area contributed by atoms with Crippen LogP contribution in [0.2, 0.25) is 0 Å². The van der Waals surface area contributed by atoms with Gasteiger partial charge in [0.2, 0.25) is 11.9 Å². The van der Waals surface area contributed by atoms with Crippen LogP contribution in [0.1, 0.15) is 19.8 Å². The topological polar surface area (TPSA) is 87.0 Å². The van der Waals surface area contributed by atoms with Gasteiger partial charge in [0.1, 0.15) is 12.9 Å². The number of imidazole rings is 1. The Kier molecular flexibility index (Phi) is 5.89. The van der Waals surface area contributed by atoms with E-state index in [4.69, 9.17) is 9.47 Å². The fourth-order valence-corrected chi connectivity index (χ4v) is 1.56. The average molecular weight is 292 g/mol. The Morgan fingerprint density at radius 2 is 2.10 bits per heavy atom. The number of nitrogens with one attached hydrogen (secondary N) is 1. The first-order valence-corrected chi connectivity index (χ1v) is 6.96. The van der Waals surface area contributed by atoms with Gasteiger partial charge in [0, 0.05) is 26.0 Å². The van der Waals surface area contributed by atoms with Gasteiger partial charge in [-0.1, -0.05) is 13.3 Å². The molecule has 0 amide bonds. The maximum atomic E-state index is 5.51. The summed E-state index contributed by atoms with van der Waals surface area (Å²) in [5.74, 6) is 0.893. The van der Waals surface area contributed by atoms with E-state index in [1.54, 1.807) is 30.3 Å². The highest BCUT2D eigenvalue weighted by atomic mass is 16.5. The minimum atomic E-state index is 0.261. The molecular weight excluding hydrogens is 272 g/mol.